The molecule has 0 saturated carbocycles. The van der Waals surface area contributed by atoms with E-state index in [1.807, 2.05) is 0 Å². The third-order valence-corrected chi connectivity index (χ3v) is 24.6. The smallest absolute Gasteiger partial charge is 0.0775 e. The van der Waals surface area contributed by atoms with Gasteiger partial charge in [-0.25, -0.2) is 0 Å². The number of rotatable bonds is 12. The third-order valence-electron chi connectivity index (χ3n) is 20.5. The van der Waals surface area contributed by atoms with E-state index in [9.17, 15) is 0 Å². The molecule has 12 aromatic rings. The van der Waals surface area contributed by atoms with Gasteiger partial charge in [-0.3, -0.25) is 0 Å². The van der Waals surface area contributed by atoms with Crippen LogP contribution in [0, 0.1) is 0 Å². The van der Waals surface area contributed by atoms with Crippen LogP contribution in [0.2, 0.25) is 39.3 Å². The first-order valence-electron chi connectivity index (χ1n) is 32.6. The summed E-state index contributed by atoms with van der Waals surface area (Å²) < 4.78 is 0. The number of benzene rings is 12. The molecule has 0 fully saturated rings. The first kappa shape index (κ1) is 58.1. The number of hydrogen-bond donors (Lipinski definition) is 0. The van der Waals surface area contributed by atoms with Crippen LogP contribution in [0.15, 0.2) is 243 Å². The fraction of sp³-hybridized carbons (Fsp3) is 0.172. The third kappa shape index (κ3) is 10.1. The van der Waals surface area contributed by atoms with Gasteiger partial charge < -0.3 is 9.80 Å². The predicted molar refractivity (Wildman–Crippen MR) is 400 cm³/mol. The summed E-state index contributed by atoms with van der Waals surface area (Å²) in [5, 5.41) is 7.91. The van der Waals surface area contributed by atoms with E-state index >= 15 is 0 Å². The maximum atomic E-state index is 2.45. The number of nitrogens with zero attached hydrogens (tertiary/aromatic N) is 2. The topological polar surface area (TPSA) is 6.48 Å². The molecule has 91 heavy (non-hydrogen) atoms. The van der Waals surface area contributed by atoms with Gasteiger partial charge in [0.25, 0.3) is 0 Å². The highest BCUT2D eigenvalue weighted by atomic mass is 28.3. The van der Waals surface area contributed by atoms with Crippen molar-refractivity contribution in [3.8, 4) is 33.4 Å². The summed E-state index contributed by atoms with van der Waals surface area (Å²) in [6.07, 6.45) is 9.23. The highest BCUT2D eigenvalue weighted by molar-refractivity contribution is 6.89. The molecule has 0 radical (unpaired) electrons. The molecular weight excluding hydrogens is 1130 g/mol. The van der Waals surface area contributed by atoms with E-state index in [2.05, 4.69) is 358 Å². The van der Waals surface area contributed by atoms with Gasteiger partial charge in [0.15, 0.2) is 0 Å². The lowest BCUT2D eigenvalue weighted by molar-refractivity contribution is 0.660. The minimum absolute atomic E-state index is 0.161. The van der Waals surface area contributed by atoms with Crippen LogP contribution in [0.25, 0.3) is 79.2 Å². The molecule has 0 atom stereocenters. The summed E-state index contributed by atoms with van der Waals surface area (Å²) >= 11 is 0. The van der Waals surface area contributed by atoms with Crippen LogP contribution in [0.5, 0.6) is 0 Å². The first-order chi connectivity index (χ1) is 43.6. The van der Waals surface area contributed by atoms with Crippen molar-refractivity contribution in [1.29, 1.82) is 0 Å². The highest BCUT2D eigenvalue weighted by Crippen LogP contribution is 2.54. The Morgan fingerprint density at radius 1 is 0.242 bits per heavy atom. The lowest BCUT2D eigenvalue weighted by atomic mass is 9.81. The van der Waals surface area contributed by atoms with Crippen LogP contribution in [-0.4, -0.2) is 16.1 Å². The molecular formula is C87H80N2Si2. The Morgan fingerprint density at radius 3 is 0.780 bits per heavy atom. The van der Waals surface area contributed by atoms with Crippen LogP contribution in [-0.2, 0) is 16.2 Å². The van der Waals surface area contributed by atoms with E-state index in [1.54, 1.807) is 0 Å². The molecule has 0 bridgehead atoms. The molecule has 446 valence electrons. The molecule has 0 saturated heterocycles. The summed E-state index contributed by atoms with van der Waals surface area (Å²) in [5.41, 5.74) is 27.5. The molecule has 0 aromatic heterocycles. The Morgan fingerprint density at radius 2 is 0.484 bits per heavy atom. The van der Waals surface area contributed by atoms with Crippen molar-refractivity contribution in [2.75, 3.05) is 9.80 Å². The number of hydrogen-bond acceptors (Lipinski definition) is 2. The van der Waals surface area contributed by atoms with Gasteiger partial charge >= 0.3 is 0 Å². The lowest BCUT2D eigenvalue weighted by Gasteiger charge is -2.29. The standard InChI is InChI=1S/C87H80N2Si2/c1-85(2)79-49-57(21-23-59-27-45-75-77-47-37-69(55-83(77)86(3,4)81(75)51-59)88(65-33-39-71(40-34-65)90(7,8)9)67-31-29-61-17-13-15-19-63(61)53-67)25-43-73(79)74-44-26-58(50-80(74)85)22-24-60-28-46-76-78-48-38-70(56-84(78)87(5,6)82(76)52-60)89(66-35-41-72(42-36-66)91(10,11)12)68-32-30-62-18-14-16-20-64(62)54-68/h13-56H,1-12H3/b23-21+,24-22+. The Bertz CT molecular complexity index is 4670. The number of anilines is 6. The van der Waals surface area contributed by atoms with Gasteiger partial charge in [0, 0.05) is 50.4 Å². The van der Waals surface area contributed by atoms with Gasteiger partial charge in [0.2, 0.25) is 0 Å². The second-order valence-electron chi connectivity index (χ2n) is 29.5. The molecule has 3 aliphatic rings. The van der Waals surface area contributed by atoms with Crippen LogP contribution < -0.4 is 20.2 Å². The maximum Gasteiger partial charge on any atom is 0.0775 e. The van der Waals surface area contributed by atoms with Gasteiger partial charge in [-0.2, -0.15) is 0 Å². The van der Waals surface area contributed by atoms with Gasteiger partial charge in [-0.1, -0.05) is 285 Å². The second-order valence-corrected chi connectivity index (χ2v) is 39.7. The van der Waals surface area contributed by atoms with Crippen LogP contribution in [0.4, 0.5) is 34.1 Å². The Balaban J connectivity index is 0.665. The summed E-state index contributed by atoms with van der Waals surface area (Å²) in [5.74, 6) is 0. The molecule has 12 aromatic carbocycles. The average molecular weight is 1210 g/mol. The van der Waals surface area contributed by atoms with Crippen molar-refractivity contribution in [1.82, 2.24) is 0 Å². The molecule has 0 aliphatic heterocycles. The van der Waals surface area contributed by atoms with Crippen molar-refractivity contribution >= 4 is 106 Å². The van der Waals surface area contributed by atoms with E-state index < -0.39 is 16.1 Å². The van der Waals surface area contributed by atoms with E-state index in [1.165, 1.54) is 144 Å². The molecule has 15 rings (SSSR count). The lowest BCUT2D eigenvalue weighted by Crippen LogP contribution is -2.37. The Hall–Kier alpha value is -9.33. The van der Waals surface area contributed by atoms with Crippen LogP contribution in [0.1, 0.15) is 97.2 Å². The predicted octanol–water partition coefficient (Wildman–Crippen LogP) is 23.3. The van der Waals surface area contributed by atoms with Crippen molar-refractivity contribution in [2.24, 2.45) is 0 Å². The van der Waals surface area contributed by atoms with Crippen LogP contribution >= 0.6 is 0 Å². The number of fused-ring (bicyclic) bond motifs is 11. The largest absolute Gasteiger partial charge is 0.310 e. The Kier molecular flexibility index (Phi) is 13.7. The van der Waals surface area contributed by atoms with Gasteiger partial charge in [0.1, 0.15) is 0 Å². The fourth-order valence-corrected chi connectivity index (χ4v) is 17.4. The highest BCUT2D eigenvalue weighted by Gasteiger charge is 2.39. The minimum atomic E-state index is -1.48. The quantitative estimate of drug-likeness (QED) is 0.0889. The molecule has 3 aliphatic carbocycles. The molecule has 0 spiro atoms. The molecule has 0 unspecified atom stereocenters. The van der Waals surface area contributed by atoms with Crippen molar-refractivity contribution < 1.29 is 0 Å². The maximum absolute atomic E-state index is 2.45. The second kappa shape index (κ2) is 21.4. The van der Waals surface area contributed by atoms with Crippen molar-refractivity contribution in [2.45, 2.75) is 97.1 Å². The van der Waals surface area contributed by atoms with Crippen LogP contribution in [0.3, 0.4) is 0 Å². The molecule has 0 N–H and O–H groups in total. The summed E-state index contributed by atoms with van der Waals surface area (Å²) in [7, 11) is -2.95. The zero-order valence-electron chi connectivity index (χ0n) is 54.8. The SMILES string of the molecule is CC1(C)c2cc(/C=C/c3ccc4c(c3)C(C)(C)c3cc(N(c5ccc([Si](C)(C)C)cc5)c5ccc6ccccc6c5)ccc3-4)ccc2-c2ccc(/C=C/c3ccc4c(c3)C(C)(C)c3cc(N(c5ccc([Si](C)(C)C)cc5)c5ccc6ccccc6c5)ccc3-4)cc21. The normalized spacial score (nSPS) is 14.8. The zero-order chi connectivity index (χ0) is 62.9. The van der Waals surface area contributed by atoms with E-state index in [4.69, 9.17) is 0 Å². The summed E-state index contributed by atoms with van der Waals surface area (Å²) in [6.45, 7) is 28.9. The Labute approximate surface area is 541 Å². The molecule has 2 nitrogen and oxygen atoms in total. The minimum Gasteiger partial charge on any atom is -0.310 e. The summed E-state index contributed by atoms with van der Waals surface area (Å²) in [6, 6.07) is 92.4. The van der Waals surface area contributed by atoms with Crippen molar-refractivity contribution in [3.05, 3.63) is 298 Å². The summed E-state index contributed by atoms with van der Waals surface area (Å²) in [4.78, 5) is 4.89. The molecule has 0 heterocycles. The van der Waals surface area contributed by atoms with Crippen molar-refractivity contribution in [3.63, 3.8) is 0 Å². The van der Waals surface area contributed by atoms with E-state index in [0.29, 0.717) is 0 Å². The monoisotopic (exact) mass is 1210 g/mol. The first-order valence-corrected chi connectivity index (χ1v) is 39.6. The molecule has 0 amide bonds. The van der Waals surface area contributed by atoms with E-state index in [0.717, 1.165) is 11.4 Å². The molecule has 4 heteroatoms. The average Bonchev–Trinajstić information content (AvgIpc) is 1.61. The van der Waals surface area contributed by atoms with E-state index in [-0.39, 0.29) is 16.2 Å². The fourth-order valence-electron chi connectivity index (χ4n) is 15.1. The van der Waals surface area contributed by atoms with Gasteiger partial charge in [-0.15, -0.1) is 0 Å². The van der Waals surface area contributed by atoms with Gasteiger partial charge in [0.05, 0.1) is 16.1 Å². The van der Waals surface area contributed by atoms with Gasteiger partial charge in [-0.05, 0) is 183 Å². The zero-order valence-corrected chi connectivity index (χ0v) is 56.8.